The first kappa shape index (κ1) is 26.7. The molecule has 0 saturated carbocycles. The van der Waals surface area contributed by atoms with Crippen molar-refractivity contribution in [3.8, 4) is 0 Å². The van der Waals surface area contributed by atoms with Crippen molar-refractivity contribution in [3.05, 3.63) is 29.8 Å². The molecule has 0 heterocycles. The maximum Gasteiger partial charge on any atom is 0.319 e. The van der Waals surface area contributed by atoms with E-state index in [2.05, 4.69) is 15.4 Å². The van der Waals surface area contributed by atoms with Crippen molar-refractivity contribution in [2.75, 3.05) is 42.0 Å². The molecule has 0 unspecified atom stereocenters. The highest BCUT2D eigenvalue weighted by molar-refractivity contribution is 7.99. The van der Waals surface area contributed by atoms with E-state index in [1.54, 1.807) is 11.8 Å². The van der Waals surface area contributed by atoms with Gasteiger partial charge in [-0.25, -0.2) is 4.79 Å². The Morgan fingerprint density at radius 1 is 0.833 bits per heavy atom. The van der Waals surface area contributed by atoms with Gasteiger partial charge in [-0.2, -0.15) is 23.5 Å². The number of amides is 2. The Hall–Kier alpha value is -1.34. The minimum absolute atomic E-state index is 0.127. The number of thioether (sulfide) groups is 2. The zero-order valence-electron chi connectivity index (χ0n) is 18.5. The molecule has 0 aliphatic heterocycles. The van der Waals surface area contributed by atoms with Crippen LogP contribution in [0.15, 0.2) is 24.3 Å². The van der Waals surface area contributed by atoms with Gasteiger partial charge in [0.15, 0.2) is 0 Å². The van der Waals surface area contributed by atoms with Crippen LogP contribution in [0.1, 0.15) is 56.9 Å². The van der Waals surface area contributed by atoms with Crippen LogP contribution in [-0.4, -0.2) is 48.7 Å². The van der Waals surface area contributed by atoms with Crippen molar-refractivity contribution in [1.29, 1.82) is 0 Å². The zero-order chi connectivity index (χ0) is 21.9. The van der Waals surface area contributed by atoms with Crippen LogP contribution in [0, 0.1) is 6.92 Å². The largest absolute Gasteiger partial charge is 0.468 e. The molecule has 0 saturated heterocycles. The van der Waals surface area contributed by atoms with Crippen LogP contribution in [0.5, 0.6) is 0 Å². The van der Waals surface area contributed by atoms with E-state index in [0.29, 0.717) is 12.3 Å². The molecule has 1 aromatic carbocycles. The molecular weight excluding hydrogens is 416 g/mol. The summed E-state index contributed by atoms with van der Waals surface area (Å²) in [6.07, 6.45) is 9.95. The molecule has 30 heavy (non-hydrogen) atoms. The smallest absolute Gasteiger partial charge is 0.319 e. The predicted molar refractivity (Wildman–Crippen MR) is 132 cm³/mol. The van der Waals surface area contributed by atoms with Crippen molar-refractivity contribution in [1.82, 2.24) is 5.32 Å². The number of benzene rings is 1. The molecule has 0 aromatic heterocycles. The fourth-order valence-electron chi connectivity index (χ4n) is 2.80. The first-order valence-electron chi connectivity index (χ1n) is 11.0. The lowest BCUT2D eigenvalue weighted by atomic mass is 10.1. The quantitative estimate of drug-likeness (QED) is 0.227. The van der Waals surface area contributed by atoms with Crippen molar-refractivity contribution in [3.63, 3.8) is 0 Å². The van der Waals surface area contributed by atoms with Gasteiger partial charge in [-0.3, -0.25) is 4.79 Å². The highest BCUT2D eigenvalue weighted by Crippen LogP contribution is 2.13. The number of methoxy groups -OCH3 is 1. The van der Waals surface area contributed by atoms with Crippen LogP contribution in [0.4, 0.5) is 10.5 Å². The van der Waals surface area contributed by atoms with Crippen LogP contribution in [0.3, 0.4) is 0 Å². The van der Waals surface area contributed by atoms with Gasteiger partial charge < -0.3 is 15.4 Å². The molecule has 0 bridgehead atoms. The summed E-state index contributed by atoms with van der Waals surface area (Å²) in [5.74, 6) is 3.70. The Balaban J connectivity index is 1.78. The summed E-state index contributed by atoms with van der Waals surface area (Å²) < 4.78 is 4.62. The third-order valence-electron chi connectivity index (χ3n) is 4.59. The summed E-state index contributed by atoms with van der Waals surface area (Å²) >= 11 is 3.65. The van der Waals surface area contributed by atoms with Gasteiger partial charge >= 0.3 is 12.0 Å². The third-order valence-corrected chi connectivity index (χ3v) is 6.76. The van der Waals surface area contributed by atoms with Gasteiger partial charge in [0.1, 0.15) is 0 Å². The third kappa shape index (κ3) is 15.5. The molecule has 5 nitrogen and oxygen atoms in total. The Kier molecular flexibility index (Phi) is 16.4. The molecular formula is C23H38N2O3S2. The Bertz CT molecular complexity index is 582. The van der Waals surface area contributed by atoms with Crippen LogP contribution in [0.25, 0.3) is 0 Å². The number of unbranched alkanes of at least 4 members (excludes halogenated alkanes) is 6. The van der Waals surface area contributed by atoms with Crippen LogP contribution in [-0.2, 0) is 9.53 Å². The molecule has 1 rings (SSSR count). The summed E-state index contributed by atoms with van der Waals surface area (Å²) in [6.45, 7) is 2.74. The SMILES string of the molecule is COC(=O)CSCCCCCCCCCSCCCNC(=O)Nc1ccc(C)cc1. The van der Waals surface area contributed by atoms with E-state index in [1.807, 2.05) is 43.0 Å². The number of rotatable bonds is 17. The van der Waals surface area contributed by atoms with Crippen LogP contribution >= 0.6 is 23.5 Å². The topological polar surface area (TPSA) is 67.4 Å². The molecule has 7 heteroatoms. The Labute approximate surface area is 190 Å². The maximum atomic E-state index is 11.8. The van der Waals surface area contributed by atoms with Crippen molar-refractivity contribution >= 4 is 41.2 Å². The van der Waals surface area contributed by atoms with Crippen LogP contribution < -0.4 is 10.6 Å². The number of esters is 1. The lowest BCUT2D eigenvalue weighted by Gasteiger charge is -2.08. The lowest BCUT2D eigenvalue weighted by molar-refractivity contribution is -0.137. The standard InChI is InChI=1S/C23H38N2O3S2/c1-20-11-13-21(14-12-20)25-23(27)24-15-10-18-29-16-8-6-4-3-5-7-9-17-30-19-22(26)28-2/h11-14H,3-10,15-19H2,1-2H3,(H2,24,25,27). The monoisotopic (exact) mass is 454 g/mol. The van der Waals surface area contributed by atoms with Crippen molar-refractivity contribution in [2.45, 2.75) is 58.3 Å². The molecule has 2 amide bonds. The fourth-order valence-corrected chi connectivity index (χ4v) is 4.59. The summed E-state index contributed by atoms with van der Waals surface area (Å²) in [5.41, 5.74) is 2.01. The summed E-state index contributed by atoms with van der Waals surface area (Å²) in [4.78, 5) is 22.8. The van der Waals surface area contributed by atoms with E-state index >= 15 is 0 Å². The van der Waals surface area contributed by atoms with Crippen LogP contribution in [0.2, 0.25) is 0 Å². The molecule has 1 aromatic rings. The fraction of sp³-hybridized carbons (Fsp3) is 0.652. The molecule has 0 aliphatic carbocycles. The highest BCUT2D eigenvalue weighted by atomic mass is 32.2. The lowest BCUT2D eigenvalue weighted by Crippen LogP contribution is -2.29. The number of ether oxygens (including phenoxy) is 1. The Morgan fingerprint density at radius 2 is 1.40 bits per heavy atom. The number of aryl methyl sites for hydroxylation is 1. The number of anilines is 1. The molecule has 0 radical (unpaired) electrons. The Morgan fingerprint density at radius 3 is 2.03 bits per heavy atom. The van der Waals surface area contributed by atoms with Gasteiger partial charge in [0, 0.05) is 12.2 Å². The number of carbonyl (C=O) groups excluding carboxylic acids is 2. The highest BCUT2D eigenvalue weighted by Gasteiger charge is 2.01. The van der Waals surface area contributed by atoms with Gasteiger partial charge in [-0.1, -0.05) is 49.8 Å². The normalized spacial score (nSPS) is 10.6. The zero-order valence-corrected chi connectivity index (χ0v) is 20.2. The number of hydrogen-bond acceptors (Lipinski definition) is 5. The average molecular weight is 455 g/mol. The van der Waals surface area contributed by atoms with E-state index in [0.717, 1.165) is 23.6 Å². The number of hydrogen-bond donors (Lipinski definition) is 2. The van der Waals surface area contributed by atoms with Gasteiger partial charge in [0.2, 0.25) is 0 Å². The summed E-state index contributed by atoms with van der Waals surface area (Å²) in [5, 5.41) is 5.76. The minimum Gasteiger partial charge on any atom is -0.468 e. The van der Waals surface area contributed by atoms with Gasteiger partial charge in [-0.15, -0.1) is 0 Å². The molecule has 170 valence electrons. The average Bonchev–Trinajstić information content (AvgIpc) is 2.74. The first-order valence-corrected chi connectivity index (χ1v) is 13.3. The molecule has 0 aliphatic rings. The van der Waals surface area contributed by atoms with E-state index < -0.39 is 0 Å². The van der Waals surface area contributed by atoms with Gasteiger partial charge in [0.05, 0.1) is 12.9 Å². The second kappa shape index (κ2) is 18.4. The number of urea groups is 1. The second-order valence-corrected chi connectivity index (χ2v) is 9.65. The number of carbonyl (C=O) groups is 2. The van der Waals surface area contributed by atoms with E-state index in [4.69, 9.17) is 0 Å². The van der Waals surface area contributed by atoms with E-state index in [9.17, 15) is 9.59 Å². The first-order chi connectivity index (χ1) is 14.6. The molecule has 0 fully saturated rings. The van der Waals surface area contributed by atoms with Crippen molar-refractivity contribution in [2.24, 2.45) is 0 Å². The van der Waals surface area contributed by atoms with E-state index in [-0.39, 0.29) is 12.0 Å². The molecule has 2 N–H and O–H groups in total. The summed E-state index contributed by atoms with van der Waals surface area (Å²) in [7, 11) is 1.44. The second-order valence-electron chi connectivity index (χ2n) is 7.32. The number of nitrogens with one attached hydrogen (secondary N) is 2. The van der Waals surface area contributed by atoms with Gasteiger partial charge in [-0.05, 0) is 55.6 Å². The summed E-state index contributed by atoms with van der Waals surface area (Å²) in [6, 6.07) is 7.67. The molecule has 0 spiro atoms. The molecule has 0 atom stereocenters. The minimum atomic E-state index is -0.133. The van der Waals surface area contributed by atoms with Gasteiger partial charge in [0.25, 0.3) is 0 Å². The van der Waals surface area contributed by atoms with E-state index in [1.165, 1.54) is 63.4 Å². The predicted octanol–water partition coefficient (Wildman–Crippen LogP) is 5.88. The maximum absolute atomic E-state index is 11.8. The van der Waals surface area contributed by atoms with Crippen molar-refractivity contribution < 1.29 is 14.3 Å².